The number of hydrazone groups is 3. The number of rotatable bonds is 11. The lowest BCUT2D eigenvalue weighted by Gasteiger charge is -2.12. The topological polar surface area (TPSA) is 164 Å². The zero-order chi connectivity index (χ0) is 35.0. The van der Waals surface area contributed by atoms with Crippen molar-refractivity contribution >= 4 is 41.9 Å². The first-order valence-electron chi connectivity index (χ1n) is 15.9. The summed E-state index contributed by atoms with van der Waals surface area (Å²) in [5.41, 5.74) is 20.6. The fourth-order valence-corrected chi connectivity index (χ4v) is 4.80. The number of hydrogen-bond donors (Lipinski definition) is 7. The van der Waals surface area contributed by atoms with Crippen LogP contribution in [0, 0.1) is 5.41 Å². The molecule has 6 rings (SSSR count). The van der Waals surface area contributed by atoms with Gasteiger partial charge in [-0.15, -0.1) is 0 Å². The molecule has 0 unspecified atom stereocenters. The predicted octanol–water partition coefficient (Wildman–Crippen LogP) is 8.28. The van der Waals surface area contributed by atoms with Gasteiger partial charge in [-0.2, -0.15) is 15.3 Å². The van der Waals surface area contributed by atoms with E-state index in [0.29, 0.717) is 33.4 Å². The fraction of sp³-hybridized carbons (Fsp3) is 0.0500. The third kappa shape index (κ3) is 10.0. The van der Waals surface area contributed by atoms with Gasteiger partial charge in [0.15, 0.2) is 0 Å². The van der Waals surface area contributed by atoms with Gasteiger partial charge >= 0.3 is 0 Å². The van der Waals surface area contributed by atoms with E-state index in [1.165, 1.54) is 18.6 Å². The van der Waals surface area contributed by atoms with Crippen molar-refractivity contribution in [2.45, 2.75) is 12.8 Å². The summed E-state index contributed by atoms with van der Waals surface area (Å²) in [6.45, 7) is 0. The number of phenols is 2. The molecule has 1 aliphatic rings. The molecule has 250 valence electrons. The van der Waals surface area contributed by atoms with Crippen molar-refractivity contribution in [1.29, 1.82) is 5.41 Å². The lowest BCUT2D eigenvalue weighted by Crippen LogP contribution is -1.98. The fourth-order valence-electron chi connectivity index (χ4n) is 4.80. The Hall–Kier alpha value is -6.94. The van der Waals surface area contributed by atoms with Crippen molar-refractivity contribution in [1.82, 2.24) is 0 Å². The normalized spacial score (nSPS) is 12.4. The summed E-state index contributed by atoms with van der Waals surface area (Å²) < 4.78 is 0. The minimum Gasteiger partial charge on any atom is -0.507 e. The van der Waals surface area contributed by atoms with Gasteiger partial charge in [-0.25, -0.2) is 0 Å². The van der Waals surface area contributed by atoms with E-state index in [0.717, 1.165) is 41.8 Å². The molecule has 0 saturated heterocycles. The molecule has 0 saturated carbocycles. The van der Waals surface area contributed by atoms with Crippen molar-refractivity contribution in [3.05, 3.63) is 161 Å². The molecule has 0 radical (unpaired) electrons. The van der Waals surface area contributed by atoms with Gasteiger partial charge in [-0.1, -0.05) is 66.7 Å². The van der Waals surface area contributed by atoms with Gasteiger partial charge in [0.25, 0.3) is 0 Å². The van der Waals surface area contributed by atoms with Gasteiger partial charge in [0, 0.05) is 34.2 Å². The van der Waals surface area contributed by atoms with Crippen molar-refractivity contribution in [3.63, 3.8) is 0 Å². The van der Waals surface area contributed by atoms with Crippen LogP contribution in [0.15, 0.2) is 154 Å². The summed E-state index contributed by atoms with van der Waals surface area (Å²) in [6.07, 6.45) is 14.0. The molecule has 1 aliphatic carbocycles. The van der Waals surface area contributed by atoms with E-state index in [2.05, 4.69) is 37.7 Å². The van der Waals surface area contributed by atoms with Crippen LogP contribution in [0.25, 0.3) is 11.1 Å². The second kappa shape index (κ2) is 17.8. The highest BCUT2D eigenvalue weighted by Crippen LogP contribution is 2.33. The van der Waals surface area contributed by atoms with Gasteiger partial charge in [0.1, 0.15) is 11.5 Å². The van der Waals surface area contributed by atoms with E-state index in [-0.39, 0.29) is 11.5 Å². The van der Waals surface area contributed by atoms with Gasteiger partial charge in [0.2, 0.25) is 0 Å². The third-order valence-electron chi connectivity index (χ3n) is 7.36. The largest absolute Gasteiger partial charge is 0.507 e. The maximum Gasteiger partial charge on any atom is 0.133 e. The zero-order valence-corrected chi connectivity index (χ0v) is 27.2. The van der Waals surface area contributed by atoms with Crippen LogP contribution in [0.5, 0.6) is 11.5 Å². The van der Waals surface area contributed by atoms with Crippen molar-refractivity contribution < 1.29 is 10.2 Å². The molecule has 5 aromatic carbocycles. The minimum atomic E-state index is -0.0705. The Morgan fingerprint density at radius 3 is 1.26 bits per heavy atom. The average Bonchev–Trinajstić information content (AvgIpc) is 3.15. The molecule has 0 bridgehead atoms. The van der Waals surface area contributed by atoms with E-state index in [4.69, 9.17) is 11.1 Å². The average molecular weight is 663 g/mol. The van der Waals surface area contributed by atoms with Crippen molar-refractivity contribution in [2.75, 3.05) is 16.3 Å². The molecule has 10 nitrogen and oxygen atoms in total. The van der Waals surface area contributed by atoms with E-state index in [1.807, 2.05) is 103 Å². The number of para-hydroxylation sites is 3. The Balaban J connectivity index is 0.000000619. The Labute approximate surface area is 291 Å². The van der Waals surface area contributed by atoms with Crippen LogP contribution in [0.2, 0.25) is 0 Å². The molecule has 0 aromatic heterocycles. The highest BCUT2D eigenvalue weighted by atomic mass is 16.3. The third-order valence-corrected chi connectivity index (χ3v) is 7.36. The molecule has 0 spiro atoms. The Morgan fingerprint density at radius 1 is 0.560 bits per heavy atom. The highest BCUT2D eigenvalue weighted by molar-refractivity contribution is 5.98. The number of benzene rings is 5. The molecular formula is C40H38N8O2. The van der Waals surface area contributed by atoms with E-state index < -0.39 is 0 Å². The molecule has 0 atom stereocenters. The number of nitrogens with zero attached hydrogens (tertiary/aromatic N) is 3. The zero-order valence-electron chi connectivity index (χ0n) is 27.2. The summed E-state index contributed by atoms with van der Waals surface area (Å²) >= 11 is 0. The molecular weight excluding hydrogens is 624 g/mol. The van der Waals surface area contributed by atoms with Crippen LogP contribution < -0.4 is 22.0 Å². The number of anilines is 3. The number of hydrogen-bond acceptors (Lipinski definition) is 10. The molecule has 8 N–H and O–H groups in total. The van der Waals surface area contributed by atoms with Crippen LogP contribution >= 0.6 is 0 Å². The number of aromatic hydroxyl groups is 2. The number of phenolic OH excluding ortho intramolecular Hbond substituents is 2. The maximum absolute atomic E-state index is 11.1. The van der Waals surface area contributed by atoms with Gasteiger partial charge < -0.3 is 21.4 Å². The Morgan fingerprint density at radius 2 is 0.940 bits per heavy atom. The second-order valence-electron chi connectivity index (χ2n) is 11.0. The monoisotopic (exact) mass is 662 g/mol. The van der Waals surface area contributed by atoms with Crippen molar-refractivity contribution in [2.24, 2.45) is 21.0 Å². The standard InChI is InChI=1S/C34H29N7O2.C6H9N/c35-20-26-16-24(17-27(33(26)42)21-36-39-30-10-4-1-5-11-30)25-18-28(22-37-40-31-12-6-2-7-13-31)34(43)29(19-25)23-38-41-32-14-8-3-9-15-32;7-6-4-2-1-3-5-6/h1-23,35,39-43H;2,4-5H,1,3,7H2/b35-20?,36-21+,37-22+,38-23+;. The summed E-state index contributed by atoms with van der Waals surface area (Å²) in [5.74, 6) is -0.0836. The smallest absolute Gasteiger partial charge is 0.133 e. The molecule has 10 heteroatoms. The van der Waals surface area contributed by atoms with Gasteiger partial charge in [0.05, 0.1) is 35.7 Å². The molecule has 0 aliphatic heterocycles. The molecule has 0 fully saturated rings. The number of nitrogens with one attached hydrogen (secondary N) is 4. The predicted molar refractivity (Wildman–Crippen MR) is 207 cm³/mol. The van der Waals surface area contributed by atoms with E-state index >= 15 is 0 Å². The number of allylic oxidation sites excluding steroid dienone is 3. The quantitative estimate of drug-likeness (QED) is 0.0556. The Kier molecular flexibility index (Phi) is 12.3. The summed E-state index contributed by atoms with van der Waals surface area (Å²) in [7, 11) is 0. The van der Waals surface area contributed by atoms with Crippen LogP contribution in [0.4, 0.5) is 17.1 Å². The molecule has 0 amide bonds. The van der Waals surface area contributed by atoms with Crippen LogP contribution in [0.3, 0.4) is 0 Å². The highest BCUT2D eigenvalue weighted by Gasteiger charge is 2.13. The van der Waals surface area contributed by atoms with Crippen LogP contribution in [-0.4, -0.2) is 35.1 Å². The first-order chi connectivity index (χ1) is 24.5. The van der Waals surface area contributed by atoms with Gasteiger partial charge in [-0.3, -0.25) is 16.3 Å². The van der Waals surface area contributed by atoms with Crippen LogP contribution in [0.1, 0.15) is 35.1 Å². The number of nitrogens with two attached hydrogens (primary N) is 1. The molecule has 50 heavy (non-hydrogen) atoms. The first kappa shape index (κ1) is 34.4. The van der Waals surface area contributed by atoms with E-state index in [1.54, 1.807) is 24.3 Å². The SMILES string of the molecule is N=Cc1cc(-c2cc(/C=N/Nc3ccccc3)c(O)c(/C=N/Nc3ccccc3)c2)cc(/C=N/Nc2ccccc2)c1O.NC1=CCCC=C1. The second-order valence-corrected chi connectivity index (χ2v) is 11.0. The van der Waals surface area contributed by atoms with Crippen LogP contribution in [-0.2, 0) is 0 Å². The first-order valence-corrected chi connectivity index (χ1v) is 15.9. The van der Waals surface area contributed by atoms with E-state index in [9.17, 15) is 10.2 Å². The molecule has 0 heterocycles. The maximum atomic E-state index is 11.1. The molecule has 5 aromatic rings. The van der Waals surface area contributed by atoms with Crippen molar-refractivity contribution in [3.8, 4) is 22.6 Å². The van der Waals surface area contributed by atoms with Gasteiger partial charge in [-0.05, 0) is 90.7 Å². The Bertz CT molecular complexity index is 1950. The summed E-state index contributed by atoms with van der Waals surface area (Å²) in [5, 5.41) is 42.7. The lowest BCUT2D eigenvalue weighted by atomic mass is 9.95. The lowest BCUT2D eigenvalue weighted by molar-refractivity contribution is 0.473. The summed E-state index contributed by atoms with van der Waals surface area (Å²) in [6, 6.07) is 35.4. The minimum absolute atomic E-state index is 0.0131. The summed E-state index contributed by atoms with van der Waals surface area (Å²) in [4.78, 5) is 0.